The predicted molar refractivity (Wildman–Crippen MR) is 109 cm³/mol. The maximum atomic E-state index is 5.47. The van der Waals surface area contributed by atoms with Crippen LogP contribution < -0.4 is 25.4 Å². The van der Waals surface area contributed by atoms with Gasteiger partial charge in [0.15, 0.2) is 11.5 Å². The van der Waals surface area contributed by atoms with Crippen molar-refractivity contribution >= 4 is 22.7 Å². The molecule has 1 saturated heterocycles. The van der Waals surface area contributed by atoms with Gasteiger partial charge in [0, 0.05) is 30.6 Å². The summed E-state index contributed by atoms with van der Waals surface area (Å²) in [5, 5.41) is 11.3. The summed E-state index contributed by atoms with van der Waals surface area (Å²) in [6.45, 7) is 3.72. The summed E-state index contributed by atoms with van der Waals surface area (Å²) in [5.41, 5.74) is 0.825. The molecule has 0 bridgehead atoms. The first-order valence-electron chi connectivity index (χ1n) is 9.40. The van der Waals surface area contributed by atoms with E-state index in [2.05, 4.69) is 25.8 Å². The average Bonchev–Trinajstić information content (AvgIpc) is 2.67. The number of anilines is 2. The van der Waals surface area contributed by atoms with Crippen LogP contribution in [0.3, 0.4) is 0 Å². The van der Waals surface area contributed by atoms with Gasteiger partial charge in [-0.1, -0.05) is 0 Å². The van der Waals surface area contributed by atoms with Gasteiger partial charge in [-0.25, -0.2) is 4.98 Å². The number of nitrogens with zero attached hydrogens (tertiary/aromatic N) is 3. The van der Waals surface area contributed by atoms with Gasteiger partial charge >= 0.3 is 0 Å². The van der Waals surface area contributed by atoms with Gasteiger partial charge in [-0.3, -0.25) is 0 Å². The van der Waals surface area contributed by atoms with Crippen LogP contribution in [0.5, 0.6) is 11.5 Å². The quantitative estimate of drug-likeness (QED) is 0.645. The van der Waals surface area contributed by atoms with Crippen molar-refractivity contribution in [3.63, 3.8) is 0 Å². The van der Waals surface area contributed by atoms with Gasteiger partial charge in [-0.05, 0) is 46.1 Å². The Hall–Kier alpha value is -2.32. The minimum Gasteiger partial charge on any atom is -0.493 e. The average molecular weight is 374 g/mol. The van der Waals surface area contributed by atoms with E-state index in [-0.39, 0.29) is 0 Å². The molecule has 3 rings (SSSR count). The second-order valence-electron chi connectivity index (χ2n) is 7.02. The van der Waals surface area contributed by atoms with E-state index in [1.54, 1.807) is 14.2 Å². The summed E-state index contributed by atoms with van der Waals surface area (Å²) in [7, 11) is 7.37. The largest absolute Gasteiger partial charge is 0.493 e. The van der Waals surface area contributed by atoms with E-state index in [1.165, 1.54) is 0 Å². The summed E-state index contributed by atoms with van der Waals surface area (Å²) >= 11 is 0. The molecule has 2 aromatic rings. The van der Waals surface area contributed by atoms with Gasteiger partial charge in [0.05, 0.1) is 19.7 Å². The summed E-state index contributed by atoms with van der Waals surface area (Å²) in [6.07, 6.45) is 2.14. The first-order chi connectivity index (χ1) is 13.1. The number of likely N-dealkylation sites (N-methyl/N-ethyl adjacent to an activating group) is 1. The maximum Gasteiger partial charge on any atom is 0.225 e. The normalized spacial score (nSPS) is 15.1. The smallest absolute Gasteiger partial charge is 0.225 e. The lowest BCUT2D eigenvalue weighted by molar-refractivity contribution is 0.356. The fourth-order valence-electron chi connectivity index (χ4n) is 3.20. The van der Waals surface area contributed by atoms with E-state index in [1.807, 2.05) is 26.2 Å². The number of hydrogen-bond donors (Lipinski definition) is 3. The molecule has 3 N–H and O–H groups in total. The molecule has 0 radical (unpaired) electrons. The summed E-state index contributed by atoms with van der Waals surface area (Å²) in [6, 6.07) is 4.24. The first-order valence-corrected chi connectivity index (χ1v) is 9.40. The number of nitrogens with one attached hydrogen (secondary N) is 3. The van der Waals surface area contributed by atoms with Crippen molar-refractivity contribution < 1.29 is 9.47 Å². The van der Waals surface area contributed by atoms with E-state index < -0.39 is 0 Å². The van der Waals surface area contributed by atoms with E-state index in [9.17, 15) is 0 Å². The fourth-order valence-corrected chi connectivity index (χ4v) is 3.20. The highest BCUT2D eigenvalue weighted by Gasteiger charge is 2.18. The molecule has 1 aromatic carbocycles. The molecule has 1 aliphatic heterocycles. The molecule has 8 heteroatoms. The van der Waals surface area contributed by atoms with Gasteiger partial charge in [0.1, 0.15) is 5.82 Å². The third-order valence-corrected chi connectivity index (χ3v) is 4.72. The van der Waals surface area contributed by atoms with Crippen molar-refractivity contribution in [3.8, 4) is 11.5 Å². The van der Waals surface area contributed by atoms with Crippen molar-refractivity contribution in [1.82, 2.24) is 20.2 Å². The highest BCUT2D eigenvalue weighted by atomic mass is 16.5. The van der Waals surface area contributed by atoms with Crippen LogP contribution in [0.4, 0.5) is 11.8 Å². The van der Waals surface area contributed by atoms with Crippen LogP contribution in [0, 0.1) is 0 Å². The van der Waals surface area contributed by atoms with Crippen LogP contribution >= 0.6 is 0 Å². The third kappa shape index (κ3) is 4.90. The lowest BCUT2D eigenvalue weighted by atomic mass is 10.1. The second-order valence-corrected chi connectivity index (χ2v) is 7.02. The van der Waals surface area contributed by atoms with Gasteiger partial charge in [-0.2, -0.15) is 4.98 Å². The molecule has 0 unspecified atom stereocenters. The van der Waals surface area contributed by atoms with Crippen LogP contribution in [0.2, 0.25) is 0 Å². The molecule has 2 heterocycles. The number of piperidine rings is 1. The number of fused-ring (bicyclic) bond motifs is 1. The van der Waals surface area contributed by atoms with Crippen LogP contribution in [0.25, 0.3) is 10.9 Å². The van der Waals surface area contributed by atoms with Crippen LogP contribution in [0.15, 0.2) is 12.1 Å². The number of methoxy groups -OCH3 is 2. The third-order valence-electron chi connectivity index (χ3n) is 4.72. The van der Waals surface area contributed by atoms with E-state index in [0.29, 0.717) is 23.5 Å². The lowest BCUT2D eigenvalue weighted by Gasteiger charge is -2.25. The summed E-state index contributed by atoms with van der Waals surface area (Å²) in [4.78, 5) is 11.6. The molecule has 0 atom stereocenters. The summed E-state index contributed by atoms with van der Waals surface area (Å²) < 4.78 is 10.9. The number of ether oxygens (including phenoxy) is 2. The molecule has 8 nitrogen and oxygen atoms in total. The van der Waals surface area contributed by atoms with E-state index >= 15 is 0 Å². The van der Waals surface area contributed by atoms with Crippen molar-refractivity contribution in [2.75, 3.05) is 65.1 Å². The molecule has 0 spiro atoms. The van der Waals surface area contributed by atoms with E-state index in [4.69, 9.17) is 14.5 Å². The van der Waals surface area contributed by atoms with E-state index in [0.717, 1.165) is 55.7 Å². The Morgan fingerprint density at radius 3 is 2.48 bits per heavy atom. The highest BCUT2D eigenvalue weighted by molar-refractivity contribution is 5.92. The van der Waals surface area contributed by atoms with Gasteiger partial charge in [0.25, 0.3) is 0 Å². The number of aromatic nitrogens is 2. The van der Waals surface area contributed by atoms with Crippen LogP contribution in [0.1, 0.15) is 12.8 Å². The van der Waals surface area contributed by atoms with Crippen LogP contribution in [-0.4, -0.2) is 75.4 Å². The Morgan fingerprint density at radius 2 is 1.81 bits per heavy atom. The summed E-state index contributed by atoms with van der Waals surface area (Å²) in [5.74, 6) is 2.79. The Balaban J connectivity index is 1.96. The zero-order chi connectivity index (χ0) is 19.2. The number of benzene rings is 1. The molecule has 0 amide bonds. The van der Waals surface area contributed by atoms with Crippen molar-refractivity contribution in [2.45, 2.75) is 18.9 Å². The molecule has 1 aliphatic rings. The van der Waals surface area contributed by atoms with Crippen molar-refractivity contribution in [3.05, 3.63) is 12.1 Å². The van der Waals surface area contributed by atoms with Crippen LogP contribution in [-0.2, 0) is 0 Å². The SMILES string of the molecule is COc1cc2nc(NCCN(C)C)nc(NC3CCNCC3)c2cc1OC. The van der Waals surface area contributed by atoms with Gasteiger partial charge < -0.3 is 30.3 Å². The topological polar surface area (TPSA) is 83.6 Å². The zero-order valence-corrected chi connectivity index (χ0v) is 16.6. The predicted octanol–water partition coefficient (Wildman–Crippen LogP) is 1.78. The number of rotatable bonds is 8. The maximum absolute atomic E-state index is 5.47. The Labute approximate surface area is 160 Å². The molecular weight excluding hydrogens is 344 g/mol. The van der Waals surface area contributed by atoms with Crippen molar-refractivity contribution in [1.29, 1.82) is 0 Å². The standard InChI is InChI=1S/C19H30N6O2/c1-25(2)10-9-21-19-23-15-12-17(27-4)16(26-3)11-14(15)18(24-19)22-13-5-7-20-8-6-13/h11-13,20H,5-10H2,1-4H3,(H2,21,22,23,24). The minimum atomic E-state index is 0.395. The monoisotopic (exact) mass is 374 g/mol. The molecule has 148 valence electrons. The van der Waals surface area contributed by atoms with Crippen molar-refractivity contribution in [2.24, 2.45) is 0 Å². The van der Waals surface area contributed by atoms with Gasteiger partial charge in [0.2, 0.25) is 5.95 Å². The second kappa shape index (κ2) is 9.05. The van der Waals surface area contributed by atoms with Gasteiger partial charge in [-0.15, -0.1) is 0 Å². The first kappa shape index (κ1) is 19.4. The highest BCUT2D eigenvalue weighted by Crippen LogP contribution is 2.35. The molecule has 1 aromatic heterocycles. The minimum absolute atomic E-state index is 0.395. The molecule has 27 heavy (non-hydrogen) atoms. The molecule has 1 fully saturated rings. The fraction of sp³-hybridized carbons (Fsp3) is 0.579. The zero-order valence-electron chi connectivity index (χ0n) is 16.6. The Kier molecular flexibility index (Phi) is 6.52. The molecule has 0 aliphatic carbocycles. The molecular formula is C19H30N6O2. The number of hydrogen-bond acceptors (Lipinski definition) is 8. The Morgan fingerprint density at radius 1 is 1.11 bits per heavy atom. The Bertz CT molecular complexity index is 761. The molecule has 0 saturated carbocycles. The lowest BCUT2D eigenvalue weighted by Crippen LogP contribution is -2.35.